The highest BCUT2D eigenvalue weighted by Gasteiger charge is 2.18. The molecule has 2 aromatic heterocycles. The van der Waals surface area contributed by atoms with Crippen molar-refractivity contribution in [2.45, 2.75) is 13.5 Å². The molecule has 0 atom stereocenters. The van der Waals surface area contributed by atoms with Crippen LogP contribution >= 0.6 is 11.3 Å². The first-order valence-electron chi connectivity index (χ1n) is 6.59. The number of hydrogen-bond donors (Lipinski definition) is 0. The van der Waals surface area contributed by atoms with Crippen molar-refractivity contribution in [3.05, 3.63) is 46.0 Å². The highest BCUT2D eigenvalue weighted by atomic mass is 32.1. The molecule has 0 radical (unpaired) electrons. The van der Waals surface area contributed by atoms with Gasteiger partial charge in [0.05, 0.1) is 11.4 Å². The Morgan fingerprint density at radius 2 is 2.05 bits per heavy atom. The van der Waals surface area contributed by atoms with Crippen LogP contribution in [-0.2, 0) is 6.54 Å². The Labute approximate surface area is 123 Å². The van der Waals surface area contributed by atoms with Crippen molar-refractivity contribution in [2.75, 3.05) is 27.2 Å². The molecular weight excluding hydrogens is 272 g/mol. The van der Waals surface area contributed by atoms with Gasteiger partial charge in [-0.15, -0.1) is 11.3 Å². The van der Waals surface area contributed by atoms with Gasteiger partial charge in [-0.2, -0.15) is 0 Å². The van der Waals surface area contributed by atoms with Crippen LogP contribution < -0.4 is 0 Å². The molecule has 2 aromatic rings. The van der Waals surface area contributed by atoms with E-state index in [2.05, 4.69) is 4.90 Å². The fourth-order valence-electron chi connectivity index (χ4n) is 1.89. The number of amides is 1. The molecule has 108 valence electrons. The lowest BCUT2D eigenvalue weighted by Gasteiger charge is -2.23. The number of carbonyl (C=O) groups excluding carboxylic acids is 1. The first kappa shape index (κ1) is 14.8. The molecule has 0 saturated heterocycles. The predicted octanol–water partition coefficient (Wildman–Crippen LogP) is 2.85. The third kappa shape index (κ3) is 3.95. The minimum atomic E-state index is 0.0657. The zero-order valence-corrected chi connectivity index (χ0v) is 12.9. The summed E-state index contributed by atoms with van der Waals surface area (Å²) in [5.74, 6) is 1.76. The van der Waals surface area contributed by atoms with Gasteiger partial charge in [-0.3, -0.25) is 4.79 Å². The fraction of sp³-hybridized carbons (Fsp3) is 0.400. The van der Waals surface area contributed by atoms with E-state index in [1.807, 2.05) is 55.6 Å². The van der Waals surface area contributed by atoms with Gasteiger partial charge in [0.2, 0.25) is 0 Å². The van der Waals surface area contributed by atoms with Crippen LogP contribution in [0.5, 0.6) is 0 Å². The van der Waals surface area contributed by atoms with E-state index < -0.39 is 0 Å². The Balaban J connectivity index is 2.09. The van der Waals surface area contributed by atoms with E-state index in [4.69, 9.17) is 4.42 Å². The molecule has 0 aliphatic heterocycles. The van der Waals surface area contributed by atoms with Gasteiger partial charge in [0, 0.05) is 13.1 Å². The summed E-state index contributed by atoms with van der Waals surface area (Å²) in [5.41, 5.74) is 0. The molecule has 0 spiro atoms. The van der Waals surface area contributed by atoms with Crippen LogP contribution in [0.4, 0.5) is 0 Å². The largest absolute Gasteiger partial charge is 0.464 e. The zero-order valence-electron chi connectivity index (χ0n) is 12.1. The first-order chi connectivity index (χ1) is 9.56. The average molecular weight is 292 g/mol. The predicted molar refractivity (Wildman–Crippen MR) is 81.1 cm³/mol. The summed E-state index contributed by atoms with van der Waals surface area (Å²) in [5, 5.41) is 1.92. The summed E-state index contributed by atoms with van der Waals surface area (Å²) in [6, 6.07) is 7.62. The minimum Gasteiger partial charge on any atom is -0.464 e. The van der Waals surface area contributed by atoms with E-state index >= 15 is 0 Å². The van der Waals surface area contributed by atoms with Gasteiger partial charge in [-0.25, -0.2) is 0 Å². The van der Waals surface area contributed by atoms with Crippen LogP contribution in [0.1, 0.15) is 21.2 Å². The van der Waals surface area contributed by atoms with Gasteiger partial charge in [-0.05, 0) is 44.6 Å². The Hall–Kier alpha value is -1.59. The number of rotatable bonds is 6. The molecule has 0 unspecified atom stereocenters. The molecule has 0 aromatic carbocycles. The standard InChI is InChI=1S/C15H20N2O2S/c1-12-6-7-13(19-12)11-17(9-8-16(2)3)15(18)14-5-4-10-20-14/h4-7,10H,8-9,11H2,1-3H3. The number of furan rings is 1. The van der Waals surface area contributed by atoms with Crippen LogP contribution in [0.3, 0.4) is 0 Å². The first-order valence-corrected chi connectivity index (χ1v) is 7.47. The van der Waals surface area contributed by atoms with E-state index in [1.165, 1.54) is 11.3 Å². The van der Waals surface area contributed by atoms with Gasteiger partial charge in [0.1, 0.15) is 11.5 Å². The number of likely N-dealkylation sites (N-methyl/N-ethyl adjacent to an activating group) is 1. The molecule has 2 heterocycles. The zero-order chi connectivity index (χ0) is 14.5. The second-order valence-corrected chi connectivity index (χ2v) is 5.97. The SMILES string of the molecule is Cc1ccc(CN(CCN(C)C)C(=O)c2cccs2)o1. The Bertz CT molecular complexity index is 546. The van der Waals surface area contributed by atoms with Crippen molar-refractivity contribution in [2.24, 2.45) is 0 Å². The van der Waals surface area contributed by atoms with Crippen LogP contribution in [-0.4, -0.2) is 42.9 Å². The van der Waals surface area contributed by atoms with Crippen molar-refractivity contribution < 1.29 is 9.21 Å². The van der Waals surface area contributed by atoms with Gasteiger partial charge in [0.15, 0.2) is 0 Å². The highest BCUT2D eigenvalue weighted by Crippen LogP contribution is 2.16. The van der Waals surface area contributed by atoms with E-state index in [-0.39, 0.29) is 5.91 Å². The maximum Gasteiger partial charge on any atom is 0.264 e. The average Bonchev–Trinajstić information content (AvgIpc) is 3.04. The summed E-state index contributed by atoms with van der Waals surface area (Å²) < 4.78 is 5.58. The van der Waals surface area contributed by atoms with Gasteiger partial charge in [-0.1, -0.05) is 6.07 Å². The van der Waals surface area contributed by atoms with Crippen molar-refractivity contribution in [3.8, 4) is 0 Å². The molecule has 0 bridgehead atoms. The van der Waals surface area contributed by atoms with Gasteiger partial charge < -0.3 is 14.2 Å². The van der Waals surface area contributed by atoms with Crippen LogP contribution in [0.25, 0.3) is 0 Å². The topological polar surface area (TPSA) is 36.7 Å². The molecule has 0 aliphatic rings. The van der Waals surface area contributed by atoms with E-state index in [0.717, 1.165) is 22.9 Å². The van der Waals surface area contributed by atoms with E-state index in [9.17, 15) is 4.79 Å². The summed E-state index contributed by atoms with van der Waals surface area (Å²) >= 11 is 1.47. The lowest BCUT2D eigenvalue weighted by molar-refractivity contribution is 0.0724. The summed E-state index contributed by atoms with van der Waals surface area (Å²) in [7, 11) is 4.01. The molecular formula is C15H20N2O2S. The maximum absolute atomic E-state index is 12.5. The van der Waals surface area contributed by atoms with Gasteiger partial charge in [0.25, 0.3) is 5.91 Å². The molecule has 0 N–H and O–H groups in total. The lowest BCUT2D eigenvalue weighted by Crippen LogP contribution is -2.35. The maximum atomic E-state index is 12.5. The van der Waals surface area contributed by atoms with Crippen molar-refractivity contribution in [1.82, 2.24) is 9.80 Å². The van der Waals surface area contributed by atoms with E-state index in [1.54, 1.807) is 0 Å². The van der Waals surface area contributed by atoms with Crippen LogP contribution in [0, 0.1) is 6.92 Å². The van der Waals surface area contributed by atoms with E-state index in [0.29, 0.717) is 13.1 Å². The Morgan fingerprint density at radius 1 is 1.25 bits per heavy atom. The molecule has 0 saturated carbocycles. The second kappa shape index (κ2) is 6.72. The molecule has 0 fully saturated rings. The smallest absolute Gasteiger partial charge is 0.264 e. The minimum absolute atomic E-state index is 0.0657. The Morgan fingerprint density at radius 3 is 2.60 bits per heavy atom. The number of nitrogens with zero attached hydrogens (tertiary/aromatic N) is 2. The van der Waals surface area contributed by atoms with Crippen molar-refractivity contribution in [1.29, 1.82) is 0 Å². The Kier molecular flexibility index (Phi) is 4.98. The third-order valence-corrected chi connectivity index (χ3v) is 3.84. The highest BCUT2D eigenvalue weighted by molar-refractivity contribution is 7.12. The summed E-state index contributed by atoms with van der Waals surface area (Å²) in [6.07, 6.45) is 0. The molecule has 20 heavy (non-hydrogen) atoms. The number of carbonyl (C=O) groups is 1. The molecule has 5 heteroatoms. The second-order valence-electron chi connectivity index (χ2n) is 5.02. The molecule has 1 amide bonds. The van der Waals surface area contributed by atoms with Crippen molar-refractivity contribution in [3.63, 3.8) is 0 Å². The third-order valence-electron chi connectivity index (χ3n) is 2.98. The number of thiophene rings is 1. The monoisotopic (exact) mass is 292 g/mol. The number of hydrogen-bond acceptors (Lipinski definition) is 4. The summed E-state index contributed by atoms with van der Waals surface area (Å²) in [4.78, 5) is 17.2. The quantitative estimate of drug-likeness (QED) is 0.821. The molecule has 4 nitrogen and oxygen atoms in total. The van der Waals surface area contributed by atoms with Crippen LogP contribution in [0.15, 0.2) is 34.1 Å². The molecule has 2 rings (SSSR count). The number of aryl methyl sites for hydroxylation is 1. The normalized spacial score (nSPS) is 11.0. The molecule has 0 aliphatic carbocycles. The fourth-order valence-corrected chi connectivity index (χ4v) is 2.58. The lowest BCUT2D eigenvalue weighted by atomic mass is 10.3. The van der Waals surface area contributed by atoms with Crippen LogP contribution in [0.2, 0.25) is 0 Å². The summed E-state index contributed by atoms with van der Waals surface area (Å²) in [6.45, 7) is 3.94. The van der Waals surface area contributed by atoms with Crippen molar-refractivity contribution >= 4 is 17.2 Å². The van der Waals surface area contributed by atoms with Gasteiger partial charge >= 0.3 is 0 Å².